The average molecular weight is 715 g/mol. The minimum Gasteiger partial charge on any atom is -0.437 e. The Kier molecular flexibility index (Phi) is 8.81. The molecule has 1 aliphatic carbocycles. The fraction of sp³-hybridized carbons (Fsp3) is 0.354. The van der Waals surface area contributed by atoms with Crippen molar-refractivity contribution in [3.63, 3.8) is 0 Å². The van der Waals surface area contributed by atoms with Crippen molar-refractivity contribution in [3.8, 4) is 22.5 Å². The normalized spacial score (nSPS) is 19.3. The Labute approximate surface area is 315 Å². The standard InChI is InChI=1S/C48H52N3OSi/c1-6-41-45-34(22-24-39-40-25-26-42(33-17-11-8-12-18-33)50-48(40)52-47(39)45)21-23-38-36-19-13-14-20-37(36)43-28-35(27-32-15-9-7-10-16-32)44(53(3,4)5)30-51(43)46(38)31(2)29-49-41/h8,11-14,17-20,22,24-26,28,30,32,38,46H,2,6-7,9-10,15-16,21,23,27,29H2,1,3-5H3/q+1. The Morgan fingerprint density at radius 2 is 1.64 bits per heavy atom. The van der Waals surface area contributed by atoms with Crippen molar-refractivity contribution in [1.82, 2.24) is 4.98 Å². The molecule has 0 amide bonds. The molecule has 9 rings (SSSR count). The van der Waals surface area contributed by atoms with Crippen LogP contribution in [0.1, 0.15) is 86.1 Å². The van der Waals surface area contributed by atoms with E-state index in [4.69, 9.17) is 21.0 Å². The summed E-state index contributed by atoms with van der Waals surface area (Å²) in [5, 5.41) is 3.78. The van der Waals surface area contributed by atoms with Crippen molar-refractivity contribution >= 4 is 41.0 Å². The molecule has 6 aromatic rings. The van der Waals surface area contributed by atoms with Gasteiger partial charge in [-0.25, -0.2) is 4.98 Å². The molecule has 3 aliphatic rings. The van der Waals surface area contributed by atoms with Gasteiger partial charge in [-0.05, 0) is 66.5 Å². The highest BCUT2D eigenvalue weighted by atomic mass is 28.3. The van der Waals surface area contributed by atoms with Crippen LogP contribution in [-0.4, -0.2) is 25.3 Å². The Hall–Kier alpha value is -4.61. The Morgan fingerprint density at radius 1 is 0.868 bits per heavy atom. The lowest BCUT2D eigenvalue weighted by molar-refractivity contribution is -0.708. The van der Waals surface area contributed by atoms with Gasteiger partial charge in [-0.15, -0.1) is 0 Å². The molecule has 5 heterocycles. The van der Waals surface area contributed by atoms with Crippen LogP contribution >= 0.6 is 0 Å². The lowest BCUT2D eigenvalue weighted by Crippen LogP contribution is -2.54. The summed E-state index contributed by atoms with van der Waals surface area (Å²) in [6.45, 7) is 15.3. The number of aromatic nitrogens is 2. The quantitative estimate of drug-likeness (QED) is 0.101. The highest BCUT2D eigenvalue weighted by molar-refractivity contribution is 6.89. The lowest BCUT2D eigenvalue weighted by Gasteiger charge is -2.34. The summed E-state index contributed by atoms with van der Waals surface area (Å²) in [7, 11) is -1.65. The van der Waals surface area contributed by atoms with Crippen LogP contribution in [-0.2, 0) is 12.8 Å². The van der Waals surface area contributed by atoms with Gasteiger partial charge in [0, 0.05) is 50.0 Å². The van der Waals surface area contributed by atoms with E-state index in [-0.39, 0.29) is 6.04 Å². The molecule has 1 fully saturated rings. The van der Waals surface area contributed by atoms with E-state index in [2.05, 4.69) is 116 Å². The number of nitrogens with zero attached hydrogens (tertiary/aromatic N) is 3. The van der Waals surface area contributed by atoms with Gasteiger partial charge in [-0.1, -0.05) is 126 Å². The maximum atomic E-state index is 6.75. The van der Waals surface area contributed by atoms with Crippen LogP contribution in [0.25, 0.3) is 44.6 Å². The minimum absolute atomic E-state index is 0.151. The van der Waals surface area contributed by atoms with Crippen molar-refractivity contribution in [1.29, 1.82) is 0 Å². The molecular formula is C48H52N3OSi+. The molecule has 0 spiro atoms. The van der Waals surface area contributed by atoms with Crippen LogP contribution in [0.5, 0.6) is 0 Å². The van der Waals surface area contributed by atoms with Gasteiger partial charge in [0.15, 0.2) is 12.2 Å². The summed E-state index contributed by atoms with van der Waals surface area (Å²) in [5.74, 6) is 1.10. The van der Waals surface area contributed by atoms with E-state index in [1.54, 1.807) is 10.8 Å². The zero-order chi connectivity index (χ0) is 36.3. The fourth-order valence-corrected chi connectivity index (χ4v) is 11.5. The second-order valence-corrected chi connectivity index (χ2v) is 21.9. The first-order chi connectivity index (χ1) is 25.8. The number of aliphatic imine (C=N–C) groups is 1. The van der Waals surface area contributed by atoms with E-state index in [0.717, 1.165) is 64.1 Å². The third kappa shape index (κ3) is 6.11. The van der Waals surface area contributed by atoms with Gasteiger partial charge in [0.1, 0.15) is 5.58 Å². The van der Waals surface area contributed by atoms with E-state index >= 15 is 0 Å². The molecule has 0 N–H and O–H groups in total. The molecule has 5 heteroatoms. The first-order valence-corrected chi connectivity index (χ1v) is 23.6. The van der Waals surface area contributed by atoms with E-state index in [9.17, 15) is 0 Å². The van der Waals surface area contributed by atoms with E-state index in [0.29, 0.717) is 18.2 Å². The number of rotatable bonds is 5. The molecule has 0 bridgehead atoms. The monoisotopic (exact) mass is 714 g/mol. The van der Waals surface area contributed by atoms with Gasteiger partial charge >= 0.3 is 0 Å². The Balaban J connectivity index is 1.17. The van der Waals surface area contributed by atoms with Crippen molar-refractivity contribution in [2.45, 2.75) is 96.3 Å². The first-order valence-electron chi connectivity index (χ1n) is 20.1. The van der Waals surface area contributed by atoms with Crippen LogP contribution in [0.4, 0.5) is 0 Å². The van der Waals surface area contributed by atoms with Crippen LogP contribution in [0, 0.1) is 5.92 Å². The second-order valence-electron chi connectivity index (χ2n) is 16.9. The molecule has 3 aromatic heterocycles. The van der Waals surface area contributed by atoms with Gasteiger partial charge in [-0.3, -0.25) is 4.99 Å². The van der Waals surface area contributed by atoms with Crippen molar-refractivity contribution in [2.24, 2.45) is 10.9 Å². The maximum absolute atomic E-state index is 6.75. The molecule has 1 saturated carbocycles. The third-order valence-electron chi connectivity index (χ3n) is 12.5. The summed E-state index contributed by atoms with van der Waals surface area (Å²) in [5.41, 5.74) is 14.2. The maximum Gasteiger partial charge on any atom is 0.227 e. The molecule has 4 nitrogen and oxygen atoms in total. The number of hydrogen-bond donors (Lipinski definition) is 0. The van der Waals surface area contributed by atoms with Gasteiger partial charge in [0.2, 0.25) is 11.4 Å². The van der Waals surface area contributed by atoms with E-state index < -0.39 is 8.07 Å². The van der Waals surface area contributed by atoms with Crippen molar-refractivity contribution in [2.75, 3.05) is 6.54 Å². The molecule has 0 saturated heterocycles. The Morgan fingerprint density at radius 3 is 2.43 bits per heavy atom. The number of aryl methyl sites for hydroxylation is 1. The van der Waals surface area contributed by atoms with Crippen LogP contribution in [0.3, 0.4) is 0 Å². The lowest BCUT2D eigenvalue weighted by atomic mass is 9.76. The minimum atomic E-state index is -1.65. The molecule has 268 valence electrons. The van der Waals surface area contributed by atoms with Crippen LogP contribution < -0.4 is 9.75 Å². The predicted octanol–water partition coefficient (Wildman–Crippen LogP) is 11.3. The molecule has 2 atom stereocenters. The molecule has 0 radical (unpaired) electrons. The smallest absolute Gasteiger partial charge is 0.227 e. The zero-order valence-corrected chi connectivity index (χ0v) is 32.9. The average Bonchev–Trinajstić information content (AvgIpc) is 3.55. The molecule has 3 aromatic carbocycles. The summed E-state index contributed by atoms with van der Waals surface area (Å²) in [6.07, 6.45) is 13.5. The summed E-state index contributed by atoms with van der Waals surface area (Å²) >= 11 is 0. The van der Waals surface area contributed by atoms with Crippen molar-refractivity contribution < 1.29 is 8.98 Å². The first kappa shape index (κ1) is 34.2. The number of hydrogen-bond acceptors (Lipinski definition) is 3. The van der Waals surface area contributed by atoms with E-state index in [1.165, 1.54) is 66.5 Å². The largest absolute Gasteiger partial charge is 0.437 e. The second kappa shape index (κ2) is 13.7. The van der Waals surface area contributed by atoms with Crippen molar-refractivity contribution in [3.05, 3.63) is 126 Å². The fourth-order valence-electron chi connectivity index (χ4n) is 9.84. The highest BCUT2D eigenvalue weighted by Crippen LogP contribution is 2.45. The van der Waals surface area contributed by atoms with Gasteiger partial charge < -0.3 is 4.42 Å². The molecule has 2 unspecified atom stereocenters. The molecule has 53 heavy (non-hydrogen) atoms. The zero-order valence-electron chi connectivity index (χ0n) is 31.9. The third-order valence-corrected chi connectivity index (χ3v) is 14.5. The number of fused-ring (bicyclic) bond motifs is 11. The summed E-state index contributed by atoms with van der Waals surface area (Å²) in [4.78, 5) is 10.4. The highest BCUT2D eigenvalue weighted by Gasteiger charge is 2.43. The molecular weight excluding hydrogens is 663 g/mol. The number of pyridine rings is 2. The van der Waals surface area contributed by atoms with E-state index in [1.807, 2.05) is 6.07 Å². The van der Waals surface area contributed by atoms with Crippen LogP contribution in [0.2, 0.25) is 19.6 Å². The number of benzene rings is 3. The van der Waals surface area contributed by atoms with Gasteiger partial charge in [-0.2, -0.15) is 4.57 Å². The predicted molar refractivity (Wildman–Crippen MR) is 223 cm³/mol. The molecule has 2 aliphatic heterocycles. The summed E-state index contributed by atoms with van der Waals surface area (Å²) in [6, 6.07) is 31.2. The topological polar surface area (TPSA) is 42.3 Å². The SMILES string of the molecule is C=C1CN=C(CC)c2c(ccc3c2oc2nc(-c4ccccc4)ccc23)CCC2c3ccccc3-c3cc(CC4CCCCC4)c([Si](C)(C)C)c[n+]3C12. The Bertz CT molecular complexity index is 2390. The van der Waals surface area contributed by atoms with Crippen LogP contribution in [0.15, 0.2) is 113 Å². The number of furan rings is 1. The summed E-state index contributed by atoms with van der Waals surface area (Å²) < 4.78 is 9.39. The van der Waals surface area contributed by atoms with Gasteiger partial charge in [0.05, 0.1) is 26.2 Å². The van der Waals surface area contributed by atoms with Gasteiger partial charge in [0.25, 0.3) is 0 Å².